The monoisotopic (exact) mass is 259 g/mol. The lowest BCUT2D eigenvalue weighted by atomic mass is 10.1. The summed E-state index contributed by atoms with van der Waals surface area (Å²) in [5.74, 6) is -1.10. The first-order chi connectivity index (χ1) is 9.06. The van der Waals surface area contributed by atoms with Gasteiger partial charge in [-0.3, -0.25) is 9.78 Å². The maximum absolute atomic E-state index is 13.5. The first-order valence-corrected chi connectivity index (χ1v) is 5.82. The molecule has 1 aromatic carbocycles. The Morgan fingerprint density at radius 1 is 1.37 bits per heavy atom. The Balaban J connectivity index is 2.07. The van der Waals surface area contributed by atoms with E-state index in [2.05, 4.69) is 10.3 Å². The zero-order valence-corrected chi connectivity index (χ0v) is 10.5. The van der Waals surface area contributed by atoms with E-state index >= 15 is 0 Å². The highest BCUT2D eigenvalue weighted by Crippen LogP contribution is 2.12. The van der Waals surface area contributed by atoms with E-state index in [1.54, 1.807) is 6.07 Å². The lowest BCUT2D eigenvalue weighted by molar-refractivity contribution is 0.0946. The summed E-state index contributed by atoms with van der Waals surface area (Å²) in [5.41, 5.74) is 7.40. The molecular weight excluding hydrogens is 245 g/mol. The molecule has 0 saturated carbocycles. The van der Waals surface area contributed by atoms with E-state index < -0.39 is 11.7 Å². The van der Waals surface area contributed by atoms with Gasteiger partial charge in [-0.2, -0.15) is 0 Å². The quantitative estimate of drug-likeness (QED) is 0.829. The van der Waals surface area contributed by atoms with Gasteiger partial charge < -0.3 is 11.1 Å². The van der Waals surface area contributed by atoms with Crippen molar-refractivity contribution in [1.29, 1.82) is 0 Å². The molecule has 19 heavy (non-hydrogen) atoms. The number of carbonyl (C=O) groups excluding carboxylic acids is 1. The second-order valence-corrected chi connectivity index (χ2v) is 4.19. The average Bonchev–Trinajstić information content (AvgIpc) is 2.39. The summed E-state index contributed by atoms with van der Waals surface area (Å²) < 4.78 is 13.5. The van der Waals surface area contributed by atoms with Crippen LogP contribution in [0.5, 0.6) is 0 Å². The van der Waals surface area contributed by atoms with Crippen molar-refractivity contribution >= 4 is 11.6 Å². The molecule has 2 rings (SSSR count). The smallest absolute Gasteiger partial charge is 0.254 e. The Kier molecular flexibility index (Phi) is 3.75. The summed E-state index contributed by atoms with van der Waals surface area (Å²) in [6.07, 6.45) is 0. The van der Waals surface area contributed by atoms with Crippen molar-refractivity contribution < 1.29 is 9.18 Å². The van der Waals surface area contributed by atoms with E-state index in [1.807, 2.05) is 19.1 Å². The van der Waals surface area contributed by atoms with Crippen molar-refractivity contribution in [2.75, 3.05) is 5.73 Å². The molecular formula is C14H14FN3O. The molecule has 0 atom stereocenters. The van der Waals surface area contributed by atoms with E-state index in [9.17, 15) is 9.18 Å². The van der Waals surface area contributed by atoms with Gasteiger partial charge >= 0.3 is 0 Å². The van der Waals surface area contributed by atoms with E-state index in [0.717, 1.165) is 11.4 Å². The normalized spacial score (nSPS) is 10.2. The highest BCUT2D eigenvalue weighted by molar-refractivity contribution is 5.95. The number of nitrogens with two attached hydrogens (primary N) is 1. The number of nitrogens with one attached hydrogen (secondary N) is 1. The van der Waals surface area contributed by atoms with Crippen LogP contribution in [-0.4, -0.2) is 10.9 Å². The number of carbonyl (C=O) groups is 1. The van der Waals surface area contributed by atoms with Gasteiger partial charge in [0.15, 0.2) is 0 Å². The topological polar surface area (TPSA) is 68.0 Å². The number of hydrogen-bond donors (Lipinski definition) is 2. The van der Waals surface area contributed by atoms with E-state index in [0.29, 0.717) is 5.69 Å². The van der Waals surface area contributed by atoms with Crippen LogP contribution < -0.4 is 11.1 Å². The summed E-state index contributed by atoms with van der Waals surface area (Å²) >= 11 is 0. The largest absolute Gasteiger partial charge is 0.399 e. The first-order valence-electron chi connectivity index (χ1n) is 5.82. The molecule has 0 unspecified atom stereocenters. The summed E-state index contributed by atoms with van der Waals surface area (Å²) in [4.78, 5) is 16.1. The molecule has 0 aliphatic rings. The third-order valence-corrected chi connectivity index (χ3v) is 2.61. The molecule has 0 bridgehead atoms. The maximum atomic E-state index is 13.5. The minimum Gasteiger partial charge on any atom is -0.399 e. The van der Waals surface area contributed by atoms with Gasteiger partial charge in [0.05, 0.1) is 17.8 Å². The van der Waals surface area contributed by atoms with Crippen molar-refractivity contribution in [2.24, 2.45) is 0 Å². The lowest BCUT2D eigenvalue weighted by Crippen LogP contribution is -2.24. The van der Waals surface area contributed by atoms with Crippen LogP contribution in [-0.2, 0) is 6.54 Å². The highest BCUT2D eigenvalue weighted by Gasteiger charge is 2.11. The molecule has 0 saturated heterocycles. The van der Waals surface area contributed by atoms with Crippen molar-refractivity contribution in [3.8, 4) is 0 Å². The number of nitrogens with zero attached hydrogens (tertiary/aromatic N) is 1. The van der Waals surface area contributed by atoms with Gasteiger partial charge in [0, 0.05) is 11.4 Å². The number of aryl methyl sites for hydroxylation is 1. The van der Waals surface area contributed by atoms with Crippen molar-refractivity contribution in [3.63, 3.8) is 0 Å². The maximum Gasteiger partial charge on any atom is 0.254 e. The second-order valence-electron chi connectivity index (χ2n) is 4.19. The molecule has 1 amide bonds. The number of anilines is 1. The van der Waals surface area contributed by atoms with Gasteiger partial charge in [-0.1, -0.05) is 6.07 Å². The third kappa shape index (κ3) is 3.28. The van der Waals surface area contributed by atoms with Crippen LogP contribution >= 0.6 is 0 Å². The lowest BCUT2D eigenvalue weighted by Gasteiger charge is -2.07. The Morgan fingerprint density at radius 2 is 2.16 bits per heavy atom. The number of halogens is 1. The van der Waals surface area contributed by atoms with Gasteiger partial charge in [0.25, 0.3) is 5.91 Å². The molecule has 98 valence electrons. The number of nitrogen functional groups attached to an aromatic ring is 1. The van der Waals surface area contributed by atoms with E-state index in [4.69, 9.17) is 5.73 Å². The number of hydrogen-bond acceptors (Lipinski definition) is 3. The van der Waals surface area contributed by atoms with E-state index in [1.165, 1.54) is 18.2 Å². The molecule has 0 aliphatic carbocycles. The zero-order chi connectivity index (χ0) is 13.8. The molecule has 1 heterocycles. The SMILES string of the molecule is Cc1cccc(CNC(=O)c2cc(N)ccc2F)n1. The highest BCUT2D eigenvalue weighted by atomic mass is 19.1. The number of aromatic nitrogens is 1. The Morgan fingerprint density at radius 3 is 2.89 bits per heavy atom. The van der Waals surface area contributed by atoms with Crippen LogP contribution in [0.4, 0.5) is 10.1 Å². The number of benzene rings is 1. The van der Waals surface area contributed by atoms with Crippen LogP contribution in [0.2, 0.25) is 0 Å². The predicted octanol–water partition coefficient (Wildman–Crippen LogP) is 2.04. The fourth-order valence-electron chi connectivity index (χ4n) is 1.68. The van der Waals surface area contributed by atoms with Crippen LogP contribution in [0.3, 0.4) is 0 Å². The van der Waals surface area contributed by atoms with Gasteiger partial charge in [0.1, 0.15) is 5.82 Å². The van der Waals surface area contributed by atoms with Crippen molar-refractivity contribution in [1.82, 2.24) is 10.3 Å². The fourth-order valence-corrected chi connectivity index (χ4v) is 1.68. The molecule has 4 nitrogen and oxygen atoms in total. The molecule has 0 spiro atoms. The summed E-state index contributed by atoms with van der Waals surface area (Å²) in [6, 6.07) is 9.41. The molecule has 3 N–H and O–H groups in total. The Labute approximate surface area is 110 Å². The van der Waals surface area contributed by atoms with Gasteiger partial charge in [-0.05, 0) is 37.3 Å². The van der Waals surface area contributed by atoms with Crippen LogP contribution in [0, 0.1) is 12.7 Å². The summed E-state index contributed by atoms with van der Waals surface area (Å²) in [6.45, 7) is 2.11. The van der Waals surface area contributed by atoms with E-state index in [-0.39, 0.29) is 12.1 Å². The number of amides is 1. The second kappa shape index (κ2) is 5.48. The van der Waals surface area contributed by atoms with Crippen LogP contribution in [0.1, 0.15) is 21.7 Å². The Hall–Kier alpha value is -2.43. The minimum absolute atomic E-state index is 0.0624. The number of pyridine rings is 1. The van der Waals surface area contributed by atoms with Crippen LogP contribution in [0.15, 0.2) is 36.4 Å². The molecule has 5 heteroatoms. The molecule has 1 aromatic heterocycles. The first kappa shape index (κ1) is 13.0. The fraction of sp³-hybridized carbons (Fsp3) is 0.143. The zero-order valence-electron chi connectivity index (χ0n) is 10.5. The molecule has 2 aromatic rings. The summed E-state index contributed by atoms with van der Waals surface area (Å²) in [5, 5.41) is 2.61. The summed E-state index contributed by atoms with van der Waals surface area (Å²) in [7, 11) is 0. The average molecular weight is 259 g/mol. The Bertz CT molecular complexity index is 613. The van der Waals surface area contributed by atoms with Gasteiger partial charge in [0.2, 0.25) is 0 Å². The number of rotatable bonds is 3. The predicted molar refractivity (Wildman–Crippen MR) is 71.0 cm³/mol. The molecule has 0 radical (unpaired) electrons. The van der Waals surface area contributed by atoms with Crippen molar-refractivity contribution in [2.45, 2.75) is 13.5 Å². The van der Waals surface area contributed by atoms with Crippen LogP contribution in [0.25, 0.3) is 0 Å². The molecule has 0 aliphatic heterocycles. The van der Waals surface area contributed by atoms with Gasteiger partial charge in [-0.15, -0.1) is 0 Å². The molecule has 0 fully saturated rings. The van der Waals surface area contributed by atoms with Crippen molar-refractivity contribution in [3.05, 3.63) is 59.2 Å². The minimum atomic E-state index is -0.594. The third-order valence-electron chi connectivity index (χ3n) is 2.61. The standard InChI is InChI=1S/C14H14FN3O/c1-9-3-2-4-11(18-9)8-17-14(19)12-7-10(16)5-6-13(12)15/h2-7H,8,16H2,1H3,(H,17,19). The van der Waals surface area contributed by atoms with Gasteiger partial charge in [-0.25, -0.2) is 4.39 Å².